The Bertz CT molecular complexity index is 456. The van der Waals surface area contributed by atoms with Crippen molar-refractivity contribution in [2.24, 2.45) is 0 Å². The van der Waals surface area contributed by atoms with Gasteiger partial charge in [0.1, 0.15) is 13.2 Å². The minimum atomic E-state index is 0.622. The second-order valence-electron chi connectivity index (χ2n) is 4.97. The van der Waals surface area contributed by atoms with E-state index in [9.17, 15) is 0 Å². The number of nitrogens with one attached hydrogen (secondary N) is 1. The largest absolute Gasteiger partial charge is 0.486 e. The average molecular weight is 312 g/mol. The molecule has 98 valence electrons. The van der Waals surface area contributed by atoms with E-state index < -0.39 is 0 Å². The molecule has 0 amide bonds. The molecule has 1 aromatic rings. The van der Waals surface area contributed by atoms with Crippen LogP contribution in [-0.4, -0.2) is 26.3 Å². The number of hydrogen-bond acceptors (Lipinski definition) is 3. The Morgan fingerprint density at radius 2 is 1.94 bits per heavy atom. The maximum absolute atomic E-state index is 5.75. The Labute approximate surface area is 116 Å². The molecule has 1 aromatic carbocycles. The van der Waals surface area contributed by atoms with Crippen LogP contribution in [0.5, 0.6) is 11.5 Å². The van der Waals surface area contributed by atoms with E-state index in [1.54, 1.807) is 0 Å². The third-order valence-corrected chi connectivity index (χ3v) is 4.55. The standard InChI is InChI=1S/C14H18BrNO2/c1-9-8-11-14(18-7-6-17-11)13(15)12(9)10-2-4-16-5-3-10/h8,10,16H,2-7H2,1H3. The van der Waals surface area contributed by atoms with Crippen LogP contribution < -0.4 is 14.8 Å². The predicted molar refractivity (Wildman–Crippen MR) is 74.7 cm³/mol. The lowest BCUT2D eigenvalue weighted by molar-refractivity contribution is 0.170. The first-order valence-corrected chi connectivity index (χ1v) is 7.36. The zero-order valence-corrected chi connectivity index (χ0v) is 12.2. The molecular formula is C14H18BrNO2. The van der Waals surface area contributed by atoms with E-state index in [0.29, 0.717) is 19.1 Å². The van der Waals surface area contributed by atoms with Crippen molar-refractivity contribution >= 4 is 15.9 Å². The van der Waals surface area contributed by atoms with Gasteiger partial charge in [-0.2, -0.15) is 0 Å². The van der Waals surface area contributed by atoms with Gasteiger partial charge < -0.3 is 14.8 Å². The van der Waals surface area contributed by atoms with Crippen LogP contribution in [0.4, 0.5) is 0 Å². The smallest absolute Gasteiger partial charge is 0.175 e. The number of hydrogen-bond donors (Lipinski definition) is 1. The maximum atomic E-state index is 5.75. The molecule has 18 heavy (non-hydrogen) atoms. The minimum Gasteiger partial charge on any atom is -0.486 e. The summed E-state index contributed by atoms with van der Waals surface area (Å²) >= 11 is 3.73. The van der Waals surface area contributed by atoms with E-state index in [1.165, 1.54) is 24.0 Å². The Morgan fingerprint density at radius 1 is 1.22 bits per heavy atom. The fourth-order valence-corrected chi connectivity index (χ4v) is 3.84. The minimum absolute atomic E-state index is 0.622. The number of halogens is 1. The Kier molecular flexibility index (Phi) is 3.48. The van der Waals surface area contributed by atoms with Crippen molar-refractivity contribution in [2.75, 3.05) is 26.3 Å². The lowest BCUT2D eigenvalue weighted by atomic mass is 9.87. The van der Waals surface area contributed by atoms with E-state index >= 15 is 0 Å². The van der Waals surface area contributed by atoms with Crippen LogP contribution in [0.1, 0.15) is 29.9 Å². The molecule has 2 aliphatic heterocycles. The number of fused-ring (bicyclic) bond motifs is 1. The van der Waals surface area contributed by atoms with Gasteiger partial charge in [-0.25, -0.2) is 0 Å². The Balaban J connectivity index is 2.02. The van der Waals surface area contributed by atoms with E-state index in [1.807, 2.05) is 0 Å². The van der Waals surface area contributed by atoms with Gasteiger partial charge >= 0.3 is 0 Å². The van der Waals surface area contributed by atoms with E-state index in [2.05, 4.69) is 34.2 Å². The van der Waals surface area contributed by atoms with Crippen LogP contribution in [0, 0.1) is 6.92 Å². The molecule has 0 spiro atoms. The van der Waals surface area contributed by atoms with Crippen molar-refractivity contribution in [3.63, 3.8) is 0 Å². The molecule has 4 heteroatoms. The topological polar surface area (TPSA) is 30.5 Å². The first-order chi connectivity index (χ1) is 8.77. The Morgan fingerprint density at radius 3 is 2.72 bits per heavy atom. The normalized spacial score (nSPS) is 19.9. The van der Waals surface area contributed by atoms with Crippen molar-refractivity contribution in [1.82, 2.24) is 5.32 Å². The Hall–Kier alpha value is -0.740. The number of ether oxygens (including phenoxy) is 2. The second kappa shape index (κ2) is 5.10. The van der Waals surface area contributed by atoms with Gasteiger partial charge in [-0.1, -0.05) is 0 Å². The highest BCUT2D eigenvalue weighted by Crippen LogP contribution is 2.45. The summed E-state index contributed by atoms with van der Waals surface area (Å²) in [5.41, 5.74) is 2.71. The molecule has 2 aliphatic rings. The number of aryl methyl sites for hydroxylation is 1. The molecule has 0 unspecified atom stereocenters. The van der Waals surface area contributed by atoms with Gasteiger partial charge in [-0.15, -0.1) is 0 Å². The first-order valence-electron chi connectivity index (χ1n) is 6.56. The summed E-state index contributed by atoms with van der Waals surface area (Å²) in [5, 5.41) is 3.41. The maximum Gasteiger partial charge on any atom is 0.175 e. The highest BCUT2D eigenvalue weighted by atomic mass is 79.9. The van der Waals surface area contributed by atoms with Gasteiger partial charge in [0.2, 0.25) is 0 Å². The number of rotatable bonds is 1. The quantitative estimate of drug-likeness (QED) is 0.865. The van der Waals surface area contributed by atoms with Crippen LogP contribution in [-0.2, 0) is 0 Å². The van der Waals surface area contributed by atoms with Crippen LogP contribution >= 0.6 is 15.9 Å². The van der Waals surface area contributed by atoms with Crippen LogP contribution in [0.2, 0.25) is 0 Å². The highest BCUT2D eigenvalue weighted by Gasteiger charge is 2.25. The summed E-state index contributed by atoms with van der Waals surface area (Å²) in [6.45, 7) is 5.66. The number of piperidine rings is 1. The first kappa shape index (κ1) is 12.3. The monoisotopic (exact) mass is 311 g/mol. The van der Waals surface area contributed by atoms with Crippen molar-refractivity contribution in [1.29, 1.82) is 0 Å². The number of benzene rings is 1. The summed E-state index contributed by atoms with van der Waals surface area (Å²) in [7, 11) is 0. The van der Waals surface area contributed by atoms with Crippen LogP contribution in [0.15, 0.2) is 10.5 Å². The third kappa shape index (κ3) is 2.12. The zero-order chi connectivity index (χ0) is 12.5. The molecule has 2 heterocycles. The van der Waals surface area contributed by atoms with E-state index in [4.69, 9.17) is 9.47 Å². The van der Waals surface area contributed by atoms with Gasteiger partial charge in [-0.05, 0) is 71.9 Å². The molecule has 3 rings (SSSR count). The predicted octanol–water partition coefficient (Wildman–Crippen LogP) is 3.00. The second-order valence-corrected chi connectivity index (χ2v) is 5.76. The van der Waals surface area contributed by atoms with Gasteiger partial charge in [0.15, 0.2) is 11.5 Å². The van der Waals surface area contributed by atoms with E-state index in [0.717, 1.165) is 29.1 Å². The van der Waals surface area contributed by atoms with Crippen LogP contribution in [0.25, 0.3) is 0 Å². The van der Waals surface area contributed by atoms with Crippen LogP contribution in [0.3, 0.4) is 0 Å². The summed E-state index contributed by atoms with van der Waals surface area (Å²) in [6, 6.07) is 2.12. The summed E-state index contributed by atoms with van der Waals surface area (Å²) in [4.78, 5) is 0. The fraction of sp³-hybridized carbons (Fsp3) is 0.571. The van der Waals surface area contributed by atoms with Gasteiger partial charge in [0.25, 0.3) is 0 Å². The van der Waals surface area contributed by atoms with Gasteiger partial charge in [0.05, 0.1) is 4.47 Å². The molecule has 1 fully saturated rings. The lowest BCUT2D eigenvalue weighted by Gasteiger charge is -2.28. The fourth-order valence-electron chi connectivity index (χ4n) is 2.89. The van der Waals surface area contributed by atoms with Crippen molar-refractivity contribution in [3.8, 4) is 11.5 Å². The molecule has 3 nitrogen and oxygen atoms in total. The van der Waals surface area contributed by atoms with Gasteiger partial charge in [0, 0.05) is 0 Å². The van der Waals surface area contributed by atoms with Crippen molar-refractivity contribution < 1.29 is 9.47 Å². The lowest BCUT2D eigenvalue weighted by Crippen LogP contribution is -2.27. The molecule has 0 saturated carbocycles. The van der Waals surface area contributed by atoms with Gasteiger partial charge in [-0.3, -0.25) is 0 Å². The average Bonchev–Trinajstić information content (AvgIpc) is 2.40. The molecular weight excluding hydrogens is 294 g/mol. The summed E-state index contributed by atoms with van der Waals surface area (Å²) < 4.78 is 12.5. The molecule has 0 aromatic heterocycles. The van der Waals surface area contributed by atoms with Crippen molar-refractivity contribution in [3.05, 3.63) is 21.7 Å². The van der Waals surface area contributed by atoms with E-state index in [-0.39, 0.29) is 0 Å². The summed E-state index contributed by atoms with van der Waals surface area (Å²) in [5.74, 6) is 2.39. The van der Waals surface area contributed by atoms with Crippen molar-refractivity contribution in [2.45, 2.75) is 25.7 Å². The SMILES string of the molecule is Cc1cc2c(c(Br)c1C1CCNCC1)OCCO2. The molecule has 0 atom stereocenters. The molecule has 0 bridgehead atoms. The molecule has 1 saturated heterocycles. The third-order valence-electron chi connectivity index (χ3n) is 3.77. The molecule has 1 N–H and O–H groups in total. The molecule has 0 aliphatic carbocycles. The molecule has 0 radical (unpaired) electrons. The highest BCUT2D eigenvalue weighted by molar-refractivity contribution is 9.10. The summed E-state index contributed by atoms with van der Waals surface area (Å²) in [6.07, 6.45) is 2.39. The zero-order valence-electron chi connectivity index (χ0n) is 10.6.